The lowest BCUT2D eigenvalue weighted by atomic mass is 10.3. The van der Waals surface area contributed by atoms with Crippen LogP contribution >= 0.6 is 24.0 Å². The van der Waals surface area contributed by atoms with Crippen molar-refractivity contribution in [1.82, 2.24) is 4.90 Å². The van der Waals surface area contributed by atoms with Crippen LogP contribution in [0.5, 0.6) is 0 Å². The first-order valence-electron chi connectivity index (χ1n) is 5.25. The zero-order valence-corrected chi connectivity index (χ0v) is 10.5. The number of thiocarbonyl (C=S) groups is 1. The van der Waals surface area contributed by atoms with E-state index in [4.69, 9.17) is 18.0 Å². The minimum atomic E-state index is 0.653. The lowest BCUT2D eigenvalue weighted by Crippen LogP contribution is -2.30. The van der Waals surface area contributed by atoms with Gasteiger partial charge in [0.25, 0.3) is 0 Å². The van der Waals surface area contributed by atoms with Crippen molar-refractivity contribution in [2.24, 2.45) is 5.73 Å². The highest BCUT2D eigenvalue weighted by Gasteiger charge is 2.27. The molecule has 0 aromatic carbocycles. The predicted molar refractivity (Wildman–Crippen MR) is 69.0 cm³/mol. The third kappa shape index (κ3) is 5.17. The van der Waals surface area contributed by atoms with Gasteiger partial charge in [-0.3, -0.25) is 4.90 Å². The van der Waals surface area contributed by atoms with Crippen LogP contribution in [0.25, 0.3) is 0 Å². The van der Waals surface area contributed by atoms with E-state index in [9.17, 15) is 0 Å². The Balaban J connectivity index is 2.14. The largest absolute Gasteiger partial charge is 0.393 e. The molecule has 1 aliphatic carbocycles. The summed E-state index contributed by atoms with van der Waals surface area (Å²) in [5.74, 6) is 1.26. The molecule has 0 amide bonds. The third-order valence-electron chi connectivity index (χ3n) is 2.50. The summed E-state index contributed by atoms with van der Waals surface area (Å²) in [5, 5.41) is 0. The average Bonchev–Trinajstić information content (AvgIpc) is 2.94. The summed E-state index contributed by atoms with van der Waals surface area (Å²) >= 11 is 6.83. The molecule has 0 unspecified atom stereocenters. The van der Waals surface area contributed by atoms with Crippen LogP contribution in [0, 0.1) is 0 Å². The highest BCUT2D eigenvalue weighted by molar-refractivity contribution is 7.98. The Bertz CT molecular complexity index is 181. The normalized spacial score (nSPS) is 16.1. The van der Waals surface area contributed by atoms with Crippen LogP contribution in [0.1, 0.15) is 25.7 Å². The second kappa shape index (κ2) is 6.64. The molecule has 1 saturated carbocycles. The molecule has 1 aliphatic rings. The summed E-state index contributed by atoms with van der Waals surface area (Å²) < 4.78 is 0. The lowest BCUT2D eigenvalue weighted by Gasteiger charge is -2.21. The van der Waals surface area contributed by atoms with Crippen LogP contribution in [0.3, 0.4) is 0 Å². The van der Waals surface area contributed by atoms with E-state index >= 15 is 0 Å². The van der Waals surface area contributed by atoms with Crippen molar-refractivity contribution in [3.63, 3.8) is 0 Å². The van der Waals surface area contributed by atoms with Gasteiger partial charge in [-0.1, -0.05) is 12.2 Å². The Hall–Kier alpha value is 0.200. The lowest BCUT2D eigenvalue weighted by molar-refractivity contribution is 0.273. The summed E-state index contributed by atoms with van der Waals surface area (Å²) in [7, 11) is 0. The van der Waals surface area contributed by atoms with Crippen molar-refractivity contribution in [2.75, 3.05) is 25.1 Å². The van der Waals surface area contributed by atoms with Crippen molar-refractivity contribution in [3.05, 3.63) is 0 Å². The van der Waals surface area contributed by atoms with Crippen molar-refractivity contribution in [2.45, 2.75) is 31.7 Å². The molecule has 0 saturated heterocycles. The van der Waals surface area contributed by atoms with Crippen LogP contribution in [-0.4, -0.2) is 41.0 Å². The maximum Gasteiger partial charge on any atom is 0.0740 e. The molecule has 0 atom stereocenters. The smallest absolute Gasteiger partial charge is 0.0740 e. The van der Waals surface area contributed by atoms with Crippen LogP contribution in [0.4, 0.5) is 0 Å². The number of nitrogens with zero attached hydrogens (tertiary/aromatic N) is 1. The predicted octanol–water partition coefficient (Wildman–Crippen LogP) is 1.88. The van der Waals surface area contributed by atoms with Gasteiger partial charge in [-0.15, -0.1) is 0 Å². The van der Waals surface area contributed by atoms with E-state index in [0.717, 1.165) is 19.0 Å². The molecular formula is C10H20N2S2. The first-order valence-corrected chi connectivity index (χ1v) is 7.05. The molecule has 0 spiro atoms. The summed E-state index contributed by atoms with van der Waals surface area (Å²) in [6.07, 6.45) is 7.07. The average molecular weight is 232 g/mol. The number of hydrogen-bond donors (Lipinski definition) is 1. The number of hydrogen-bond acceptors (Lipinski definition) is 3. The van der Waals surface area contributed by atoms with Crippen LogP contribution < -0.4 is 5.73 Å². The second-order valence-electron chi connectivity index (χ2n) is 3.83. The fraction of sp³-hybridized carbons (Fsp3) is 0.900. The third-order valence-corrected chi connectivity index (χ3v) is 3.40. The van der Waals surface area contributed by atoms with Gasteiger partial charge in [-0.05, 0) is 37.8 Å². The molecule has 0 aromatic heterocycles. The van der Waals surface area contributed by atoms with Gasteiger partial charge in [-0.2, -0.15) is 11.8 Å². The molecule has 0 heterocycles. The molecule has 0 bridgehead atoms. The molecule has 1 fully saturated rings. The topological polar surface area (TPSA) is 29.3 Å². The van der Waals surface area contributed by atoms with Crippen molar-refractivity contribution >= 4 is 29.0 Å². The number of thioether (sulfide) groups is 1. The zero-order valence-electron chi connectivity index (χ0n) is 8.87. The van der Waals surface area contributed by atoms with E-state index in [1.807, 2.05) is 11.8 Å². The Labute approximate surface area is 96.6 Å². The van der Waals surface area contributed by atoms with E-state index in [0.29, 0.717) is 4.99 Å². The number of nitrogens with two attached hydrogens (primary N) is 1. The fourth-order valence-electron chi connectivity index (χ4n) is 1.58. The molecule has 82 valence electrons. The van der Waals surface area contributed by atoms with Gasteiger partial charge >= 0.3 is 0 Å². The SMILES string of the molecule is CSCCCN(CCC(N)=S)C1CC1. The zero-order chi connectivity index (χ0) is 10.4. The summed E-state index contributed by atoms with van der Waals surface area (Å²) in [6, 6.07) is 0.839. The minimum Gasteiger partial charge on any atom is -0.393 e. The van der Waals surface area contributed by atoms with E-state index in [2.05, 4.69) is 11.2 Å². The van der Waals surface area contributed by atoms with Crippen molar-refractivity contribution in [3.8, 4) is 0 Å². The van der Waals surface area contributed by atoms with Crippen LogP contribution in [0.2, 0.25) is 0 Å². The van der Waals surface area contributed by atoms with E-state index in [1.54, 1.807) is 0 Å². The molecule has 0 radical (unpaired) electrons. The van der Waals surface area contributed by atoms with Gasteiger partial charge in [0.1, 0.15) is 0 Å². The summed E-state index contributed by atoms with van der Waals surface area (Å²) in [6.45, 7) is 2.28. The van der Waals surface area contributed by atoms with Gasteiger partial charge in [0.2, 0.25) is 0 Å². The Morgan fingerprint density at radius 2 is 2.21 bits per heavy atom. The maximum atomic E-state index is 5.52. The molecule has 4 heteroatoms. The van der Waals surface area contributed by atoms with Gasteiger partial charge in [-0.25, -0.2) is 0 Å². The first-order chi connectivity index (χ1) is 6.74. The van der Waals surface area contributed by atoms with E-state index in [1.165, 1.54) is 31.6 Å². The summed E-state index contributed by atoms with van der Waals surface area (Å²) in [5.41, 5.74) is 5.52. The molecule has 0 aliphatic heterocycles. The van der Waals surface area contributed by atoms with Gasteiger partial charge in [0, 0.05) is 19.0 Å². The van der Waals surface area contributed by atoms with Crippen LogP contribution in [-0.2, 0) is 0 Å². The van der Waals surface area contributed by atoms with Crippen molar-refractivity contribution < 1.29 is 0 Å². The molecule has 2 nitrogen and oxygen atoms in total. The molecule has 14 heavy (non-hydrogen) atoms. The van der Waals surface area contributed by atoms with Crippen LogP contribution in [0.15, 0.2) is 0 Å². The minimum absolute atomic E-state index is 0.653. The molecular weight excluding hydrogens is 212 g/mol. The summed E-state index contributed by atoms with van der Waals surface area (Å²) in [4.78, 5) is 3.20. The fourth-order valence-corrected chi connectivity index (χ4v) is 2.09. The standard InChI is InChI=1S/C10H20N2S2/c1-14-8-2-6-12(9-3-4-9)7-5-10(11)13/h9H,2-8H2,1H3,(H2,11,13). The maximum absolute atomic E-state index is 5.52. The quantitative estimate of drug-likeness (QED) is 0.511. The van der Waals surface area contributed by atoms with E-state index in [-0.39, 0.29) is 0 Å². The Morgan fingerprint density at radius 1 is 1.50 bits per heavy atom. The van der Waals surface area contributed by atoms with Crippen molar-refractivity contribution in [1.29, 1.82) is 0 Å². The molecule has 1 rings (SSSR count). The molecule has 0 aromatic rings. The van der Waals surface area contributed by atoms with Gasteiger partial charge in [0.05, 0.1) is 4.99 Å². The molecule has 2 N–H and O–H groups in total. The monoisotopic (exact) mass is 232 g/mol. The van der Waals surface area contributed by atoms with Gasteiger partial charge in [0.15, 0.2) is 0 Å². The first kappa shape index (κ1) is 12.3. The van der Waals surface area contributed by atoms with E-state index < -0.39 is 0 Å². The highest BCUT2D eigenvalue weighted by Crippen LogP contribution is 2.27. The Kier molecular flexibility index (Phi) is 5.82. The highest BCUT2D eigenvalue weighted by atomic mass is 32.2. The Morgan fingerprint density at radius 3 is 2.71 bits per heavy atom. The number of rotatable bonds is 8. The second-order valence-corrected chi connectivity index (χ2v) is 5.34. The van der Waals surface area contributed by atoms with Gasteiger partial charge < -0.3 is 5.73 Å².